The second-order valence-corrected chi connectivity index (χ2v) is 8.33. The molecular formula is C22H25Cl2N3O4. The van der Waals surface area contributed by atoms with Crippen LogP contribution in [-0.2, 0) is 22.7 Å². The SMILES string of the molecule is O=C(COc1ccc(Cl)c(Cl)c1)N[C@H]1CC[C@H](C(=O)NCc2cc(CO)ccn2)CC1. The minimum absolute atomic E-state index is 0.0103. The Morgan fingerprint density at radius 3 is 2.58 bits per heavy atom. The molecule has 0 radical (unpaired) electrons. The average molecular weight is 466 g/mol. The molecular weight excluding hydrogens is 441 g/mol. The molecule has 1 aromatic heterocycles. The number of hydrogen-bond acceptors (Lipinski definition) is 5. The topological polar surface area (TPSA) is 101 Å². The number of amides is 2. The first-order valence-electron chi connectivity index (χ1n) is 10.1. The minimum atomic E-state index is -0.214. The number of rotatable bonds is 8. The number of benzene rings is 1. The Kier molecular flexibility index (Phi) is 8.51. The number of aromatic nitrogens is 1. The smallest absolute Gasteiger partial charge is 0.258 e. The van der Waals surface area contributed by atoms with Gasteiger partial charge in [-0.25, -0.2) is 0 Å². The Morgan fingerprint density at radius 2 is 1.87 bits per heavy atom. The van der Waals surface area contributed by atoms with Gasteiger partial charge in [-0.15, -0.1) is 0 Å². The predicted molar refractivity (Wildman–Crippen MR) is 118 cm³/mol. The number of ether oxygens (including phenoxy) is 1. The van der Waals surface area contributed by atoms with Crippen LogP contribution in [0.5, 0.6) is 5.75 Å². The van der Waals surface area contributed by atoms with Gasteiger partial charge in [0.15, 0.2) is 6.61 Å². The fraction of sp³-hybridized carbons (Fsp3) is 0.409. The second kappa shape index (κ2) is 11.3. The molecule has 3 N–H and O–H groups in total. The Morgan fingerprint density at radius 1 is 1.10 bits per heavy atom. The molecule has 0 saturated heterocycles. The summed E-state index contributed by atoms with van der Waals surface area (Å²) in [5.41, 5.74) is 1.47. The monoisotopic (exact) mass is 465 g/mol. The van der Waals surface area contributed by atoms with Crippen LogP contribution in [0.4, 0.5) is 0 Å². The van der Waals surface area contributed by atoms with E-state index in [1.807, 2.05) is 0 Å². The highest BCUT2D eigenvalue weighted by Crippen LogP contribution is 2.27. The van der Waals surface area contributed by atoms with Crippen molar-refractivity contribution in [2.75, 3.05) is 6.61 Å². The molecule has 31 heavy (non-hydrogen) atoms. The summed E-state index contributed by atoms with van der Waals surface area (Å²) >= 11 is 11.8. The van der Waals surface area contributed by atoms with Crippen molar-refractivity contribution in [3.8, 4) is 5.75 Å². The first kappa shape index (κ1) is 23.3. The molecule has 2 aromatic rings. The molecule has 1 aliphatic rings. The summed E-state index contributed by atoms with van der Waals surface area (Å²) in [4.78, 5) is 28.8. The number of aliphatic hydroxyl groups excluding tert-OH is 1. The molecule has 1 fully saturated rings. The molecule has 1 heterocycles. The lowest BCUT2D eigenvalue weighted by atomic mass is 9.85. The molecule has 0 unspecified atom stereocenters. The molecule has 3 rings (SSSR count). The van der Waals surface area contributed by atoms with E-state index in [-0.39, 0.29) is 37.0 Å². The van der Waals surface area contributed by atoms with Crippen LogP contribution < -0.4 is 15.4 Å². The van der Waals surface area contributed by atoms with E-state index >= 15 is 0 Å². The first-order valence-corrected chi connectivity index (χ1v) is 10.9. The summed E-state index contributed by atoms with van der Waals surface area (Å²) in [7, 11) is 0. The Balaban J connectivity index is 1.37. The zero-order valence-electron chi connectivity index (χ0n) is 16.9. The number of carbonyl (C=O) groups excluding carboxylic acids is 2. The van der Waals surface area contributed by atoms with Gasteiger partial charge in [-0.05, 0) is 55.5 Å². The average Bonchev–Trinajstić information content (AvgIpc) is 2.79. The second-order valence-electron chi connectivity index (χ2n) is 7.51. The maximum absolute atomic E-state index is 12.4. The first-order chi connectivity index (χ1) is 14.9. The Bertz CT molecular complexity index is 917. The van der Waals surface area contributed by atoms with Gasteiger partial charge in [-0.1, -0.05) is 23.2 Å². The van der Waals surface area contributed by atoms with Gasteiger partial charge in [0.1, 0.15) is 5.75 Å². The van der Waals surface area contributed by atoms with Gasteiger partial charge < -0.3 is 20.5 Å². The molecule has 2 amide bonds. The van der Waals surface area contributed by atoms with Crippen molar-refractivity contribution in [2.24, 2.45) is 5.92 Å². The van der Waals surface area contributed by atoms with Crippen molar-refractivity contribution in [1.29, 1.82) is 0 Å². The molecule has 1 aliphatic carbocycles. The van der Waals surface area contributed by atoms with E-state index < -0.39 is 0 Å². The standard InChI is InChI=1S/C22H25Cl2N3O4/c23-19-6-5-18(10-20(19)24)31-13-21(29)27-16-3-1-15(2-4-16)22(30)26-11-17-9-14(12-28)7-8-25-17/h5-10,15-16,28H,1-4,11-13H2,(H,26,30)(H,27,29)/t15-,16-. The molecule has 0 bridgehead atoms. The molecule has 1 saturated carbocycles. The maximum atomic E-state index is 12.4. The highest BCUT2D eigenvalue weighted by atomic mass is 35.5. The molecule has 1 aromatic carbocycles. The highest BCUT2D eigenvalue weighted by Gasteiger charge is 2.27. The quantitative estimate of drug-likeness (QED) is 0.555. The van der Waals surface area contributed by atoms with Crippen LogP contribution in [0, 0.1) is 5.92 Å². The number of aliphatic hydroxyl groups is 1. The van der Waals surface area contributed by atoms with Gasteiger partial charge in [0.25, 0.3) is 5.91 Å². The van der Waals surface area contributed by atoms with Crippen molar-refractivity contribution in [1.82, 2.24) is 15.6 Å². The lowest BCUT2D eigenvalue weighted by molar-refractivity contribution is -0.126. The van der Waals surface area contributed by atoms with Crippen LogP contribution in [-0.4, -0.2) is 34.6 Å². The summed E-state index contributed by atoms with van der Waals surface area (Å²) in [5.74, 6) is 0.170. The van der Waals surface area contributed by atoms with Crippen molar-refractivity contribution in [3.05, 3.63) is 57.8 Å². The molecule has 0 aliphatic heterocycles. The molecule has 0 atom stereocenters. The van der Waals surface area contributed by atoms with Gasteiger partial charge in [0.05, 0.1) is 28.9 Å². The minimum Gasteiger partial charge on any atom is -0.484 e. The summed E-state index contributed by atoms with van der Waals surface area (Å²) in [6.07, 6.45) is 4.49. The van der Waals surface area contributed by atoms with Crippen LogP contribution in [0.2, 0.25) is 10.0 Å². The molecule has 7 nitrogen and oxygen atoms in total. The normalized spacial score (nSPS) is 18.3. The number of halogens is 2. The van der Waals surface area contributed by atoms with Gasteiger partial charge in [-0.3, -0.25) is 14.6 Å². The van der Waals surface area contributed by atoms with Crippen molar-refractivity contribution < 1.29 is 19.4 Å². The third kappa shape index (κ3) is 7.09. The third-order valence-electron chi connectivity index (χ3n) is 5.23. The van der Waals surface area contributed by atoms with E-state index in [1.165, 1.54) is 0 Å². The number of pyridine rings is 1. The van der Waals surface area contributed by atoms with Crippen molar-refractivity contribution in [3.63, 3.8) is 0 Å². The van der Waals surface area contributed by atoms with E-state index in [1.54, 1.807) is 36.5 Å². The fourth-order valence-corrected chi connectivity index (χ4v) is 3.82. The fourth-order valence-electron chi connectivity index (χ4n) is 3.53. The van der Waals surface area contributed by atoms with E-state index in [0.717, 1.165) is 18.4 Å². The number of hydrogen-bond donors (Lipinski definition) is 3. The van der Waals surface area contributed by atoms with Crippen LogP contribution in [0.25, 0.3) is 0 Å². The van der Waals surface area contributed by atoms with Crippen LogP contribution in [0.1, 0.15) is 36.9 Å². The predicted octanol–water partition coefficient (Wildman–Crippen LogP) is 3.25. The zero-order valence-corrected chi connectivity index (χ0v) is 18.5. The van der Waals surface area contributed by atoms with Gasteiger partial charge in [0, 0.05) is 24.2 Å². The molecule has 166 valence electrons. The molecule has 9 heteroatoms. The number of carbonyl (C=O) groups is 2. The summed E-state index contributed by atoms with van der Waals surface area (Å²) in [5, 5.41) is 15.8. The van der Waals surface area contributed by atoms with Gasteiger partial charge >= 0.3 is 0 Å². The van der Waals surface area contributed by atoms with Gasteiger partial charge in [-0.2, -0.15) is 0 Å². The number of nitrogens with one attached hydrogen (secondary N) is 2. The molecule has 0 spiro atoms. The Labute approximate surface area is 191 Å². The summed E-state index contributed by atoms with van der Waals surface area (Å²) in [6.45, 7) is 0.158. The van der Waals surface area contributed by atoms with Crippen LogP contribution in [0.15, 0.2) is 36.5 Å². The van der Waals surface area contributed by atoms with Crippen LogP contribution >= 0.6 is 23.2 Å². The lowest BCUT2D eigenvalue weighted by Gasteiger charge is -2.28. The summed E-state index contributed by atoms with van der Waals surface area (Å²) < 4.78 is 5.45. The third-order valence-corrected chi connectivity index (χ3v) is 5.97. The Hall–Kier alpha value is -2.35. The summed E-state index contributed by atoms with van der Waals surface area (Å²) in [6, 6.07) is 8.36. The highest BCUT2D eigenvalue weighted by molar-refractivity contribution is 6.42. The number of nitrogens with zero attached hydrogens (tertiary/aromatic N) is 1. The van der Waals surface area contributed by atoms with Crippen LogP contribution in [0.3, 0.4) is 0 Å². The van der Waals surface area contributed by atoms with E-state index in [4.69, 9.17) is 27.9 Å². The lowest BCUT2D eigenvalue weighted by Crippen LogP contribution is -2.42. The zero-order chi connectivity index (χ0) is 22.2. The van der Waals surface area contributed by atoms with E-state index in [9.17, 15) is 14.7 Å². The van der Waals surface area contributed by atoms with Crippen molar-refractivity contribution in [2.45, 2.75) is 44.9 Å². The maximum Gasteiger partial charge on any atom is 0.258 e. The van der Waals surface area contributed by atoms with E-state index in [2.05, 4.69) is 15.6 Å². The van der Waals surface area contributed by atoms with Crippen molar-refractivity contribution >= 4 is 35.0 Å². The largest absolute Gasteiger partial charge is 0.484 e. The van der Waals surface area contributed by atoms with E-state index in [0.29, 0.717) is 40.9 Å². The van der Waals surface area contributed by atoms with Gasteiger partial charge in [0.2, 0.25) is 5.91 Å².